The van der Waals surface area contributed by atoms with E-state index in [1.54, 1.807) is 13.8 Å². The zero-order chi connectivity index (χ0) is 22.8. The van der Waals surface area contributed by atoms with Gasteiger partial charge in [-0.05, 0) is 25.8 Å². The van der Waals surface area contributed by atoms with Crippen LogP contribution in [0.25, 0.3) is 6.08 Å². The zero-order valence-corrected chi connectivity index (χ0v) is 21.7. The van der Waals surface area contributed by atoms with Crippen LogP contribution in [-0.4, -0.2) is 42.9 Å². The van der Waals surface area contributed by atoms with Gasteiger partial charge in [-0.25, -0.2) is 18.0 Å². The van der Waals surface area contributed by atoms with Crippen molar-refractivity contribution in [2.45, 2.75) is 27.2 Å². The SMILES string of the molecule is C=C(C)C(=O)O.C=C(C)C(=O)OC.C=Cc1ccccc1.CCCS(=O)(=O)[O-].[K+]. The van der Waals surface area contributed by atoms with Crippen LogP contribution in [0.5, 0.6) is 0 Å². The second kappa shape index (κ2) is 21.6. The molecule has 9 heteroatoms. The molecule has 0 aliphatic rings. The number of hydrogen-bond donors (Lipinski definition) is 1. The molecule has 0 aliphatic heterocycles. The second-order valence-electron chi connectivity index (χ2n) is 5.23. The quantitative estimate of drug-likeness (QED) is 0.301. The van der Waals surface area contributed by atoms with Crippen molar-refractivity contribution in [1.82, 2.24) is 0 Å². The number of carbonyl (C=O) groups is 2. The number of aliphatic carboxylic acids is 1. The molecule has 0 amide bonds. The van der Waals surface area contributed by atoms with Crippen LogP contribution in [0.15, 0.2) is 61.2 Å². The molecule has 0 spiro atoms. The number of carboxylic acid groups (broad SMARTS) is 1. The summed E-state index contributed by atoms with van der Waals surface area (Å²) in [6.07, 6.45) is 2.24. The van der Waals surface area contributed by atoms with Gasteiger partial charge in [0.05, 0.1) is 17.2 Å². The Morgan fingerprint density at radius 1 is 1.14 bits per heavy atom. The summed E-state index contributed by atoms with van der Waals surface area (Å²) in [4.78, 5) is 19.8. The van der Waals surface area contributed by atoms with E-state index in [4.69, 9.17) is 5.11 Å². The van der Waals surface area contributed by atoms with E-state index in [0.717, 1.165) is 0 Å². The number of carboxylic acids is 1. The number of ether oxygens (including phenoxy) is 1. The van der Waals surface area contributed by atoms with Crippen LogP contribution in [0.1, 0.15) is 32.8 Å². The van der Waals surface area contributed by atoms with E-state index in [0.29, 0.717) is 12.0 Å². The van der Waals surface area contributed by atoms with E-state index in [1.165, 1.54) is 19.6 Å². The molecule has 0 aliphatic carbocycles. The first-order valence-corrected chi connectivity index (χ1v) is 9.63. The van der Waals surface area contributed by atoms with Crippen molar-refractivity contribution in [3.63, 3.8) is 0 Å². The molecule has 0 fully saturated rings. The van der Waals surface area contributed by atoms with Crippen LogP contribution >= 0.6 is 0 Å². The Morgan fingerprint density at radius 3 is 1.66 bits per heavy atom. The minimum absolute atomic E-state index is 0. The van der Waals surface area contributed by atoms with E-state index < -0.39 is 16.1 Å². The van der Waals surface area contributed by atoms with Crippen LogP contribution in [0.3, 0.4) is 0 Å². The summed E-state index contributed by atoms with van der Waals surface area (Å²) < 4.78 is 33.3. The Bertz CT molecular complexity index is 714. The van der Waals surface area contributed by atoms with Gasteiger partial charge >= 0.3 is 63.3 Å². The third kappa shape index (κ3) is 31.8. The van der Waals surface area contributed by atoms with Crippen LogP contribution in [0, 0.1) is 0 Å². The Hall–Kier alpha value is -1.07. The molecule has 0 heterocycles. The fraction of sp³-hybridized carbons (Fsp3) is 0.300. The summed E-state index contributed by atoms with van der Waals surface area (Å²) in [5.74, 6) is -1.53. The Kier molecular flexibility index (Phi) is 26.4. The molecule has 7 nitrogen and oxygen atoms in total. The van der Waals surface area contributed by atoms with Crippen LogP contribution in [0.2, 0.25) is 0 Å². The fourth-order valence-electron chi connectivity index (χ4n) is 1.01. The van der Waals surface area contributed by atoms with E-state index in [1.807, 2.05) is 36.4 Å². The summed E-state index contributed by atoms with van der Waals surface area (Å²) >= 11 is 0. The van der Waals surface area contributed by atoms with Gasteiger partial charge in [-0.15, -0.1) is 0 Å². The topological polar surface area (TPSA) is 121 Å². The number of rotatable bonds is 5. The predicted molar refractivity (Wildman–Crippen MR) is 111 cm³/mol. The van der Waals surface area contributed by atoms with Gasteiger partial charge in [-0.3, -0.25) is 0 Å². The third-order valence-corrected chi connectivity index (χ3v) is 3.30. The van der Waals surface area contributed by atoms with Gasteiger partial charge in [0, 0.05) is 16.9 Å². The van der Waals surface area contributed by atoms with Gasteiger partial charge in [0.2, 0.25) is 0 Å². The van der Waals surface area contributed by atoms with Gasteiger partial charge in [0.15, 0.2) is 0 Å². The molecule has 158 valence electrons. The van der Waals surface area contributed by atoms with E-state index >= 15 is 0 Å². The molecule has 0 saturated heterocycles. The molecular formula is C20H29KO7S. The van der Waals surface area contributed by atoms with Gasteiger partial charge in [0.1, 0.15) is 0 Å². The average molecular weight is 453 g/mol. The van der Waals surface area contributed by atoms with Crippen molar-refractivity contribution in [2.75, 3.05) is 12.9 Å². The monoisotopic (exact) mass is 452 g/mol. The average Bonchev–Trinajstić information content (AvgIpc) is 2.62. The van der Waals surface area contributed by atoms with Gasteiger partial charge in [-0.1, -0.05) is 63.1 Å². The minimum atomic E-state index is -3.92. The van der Waals surface area contributed by atoms with E-state index in [-0.39, 0.29) is 68.7 Å². The zero-order valence-electron chi connectivity index (χ0n) is 17.8. The third-order valence-electron chi connectivity index (χ3n) is 2.39. The molecule has 0 aromatic heterocycles. The van der Waals surface area contributed by atoms with Crippen molar-refractivity contribution < 1.29 is 83.8 Å². The molecule has 1 rings (SSSR count). The number of hydrogen-bond acceptors (Lipinski definition) is 6. The molecule has 1 N–H and O–H groups in total. The Morgan fingerprint density at radius 2 is 1.55 bits per heavy atom. The molecule has 0 atom stereocenters. The van der Waals surface area contributed by atoms with Gasteiger partial charge in [0.25, 0.3) is 0 Å². The van der Waals surface area contributed by atoms with E-state index in [2.05, 4.69) is 24.5 Å². The normalized spacial score (nSPS) is 8.59. The summed E-state index contributed by atoms with van der Waals surface area (Å²) in [5.41, 5.74) is 1.78. The molecule has 0 radical (unpaired) electrons. The number of carbonyl (C=O) groups excluding carboxylic acids is 1. The molecule has 29 heavy (non-hydrogen) atoms. The van der Waals surface area contributed by atoms with Crippen molar-refractivity contribution >= 4 is 28.1 Å². The van der Waals surface area contributed by atoms with Crippen LogP contribution in [-0.2, 0) is 24.4 Å². The maximum absolute atomic E-state index is 10.2. The summed E-state index contributed by atoms with van der Waals surface area (Å²) in [6.45, 7) is 14.8. The summed E-state index contributed by atoms with van der Waals surface area (Å²) in [6, 6.07) is 10.0. The Labute approximate surface area is 216 Å². The molecule has 0 saturated carbocycles. The largest absolute Gasteiger partial charge is 1.00 e. The molecular weight excluding hydrogens is 423 g/mol. The molecule has 0 bridgehead atoms. The molecule has 0 unspecified atom stereocenters. The van der Waals surface area contributed by atoms with Gasteiger partial charge in [-0.2, -0.15) is 0 Å². The predicted octanol–water partition coefficient (Wildman–Crippen LogP) is 0.658. The number of methoxy groups -OCH3 is 1. The van der Waals surface area contributed by atoms with E-state index in [9.17, 15) is 22.6 Å². The maximum atomic E-state index is 10.2. The van der Waals surface area contributed by atoms with Crippen molar-refractivity contribution in [1.29, 1.82) is 0 Å². The van der Waals surface area contributed by atoms with Crippen LogP contribution in [0.4, 0.5) is 0 Å². The first kappa shape index (κ1) is 35.4. The maximum Gasteiger partial charge on any atom is 1.00 e. The first-order valence-electron chi connectivity index (χ1n) is 8.05. The second-order valence-corrected chi connectivity index (χ2v) is 6.76. The fourth-order valence-corrected chi connectivity index (χ4v) is 1.51. The summed E-state index contributed by atoms with van der Waals surface area (Å²) in [5, 5.41) is 7.89. The first-order chi connectivity index (χ1) is 12.8. The van der Waals surface area contributed by atoms with Crippen molar-refractivity contribution in [3.8, 4) is 0 Å². The minimum Gasteiger partial charge on any atom is -0.748 e. The smallest absolute Gasteiger partial charge is 0.748 e. The van der Waals surface area contributed by atoms with Crippen molar-refractivity contribution in [2.24, 2.45) is 0 Å². The summed E-state index contributed by atoms with van der Waals surface area (Å²) in [7, 11) is -2.59. The van der Waals surface area contributed by atoms with Crippen LogP contribution < -0.4 is 51.4 Å². The molecule has 1 aromatic carbocycles. The molecule has 1 aromatic rings. The van der Waals surface area contributed by atoms with Crippen molar-refractivity contribution in [3.05, 3.63) is 66.8 Å². The Balaban J connectivity index is -0.000000143. The standard InChI is InChI=1S/C8H8.C5H8O2.C4H6O2.C3H8O3S.K/c1-2-8-6-4-3-5-7-8;1-4(2)5(6)7-3;1-3(2)4(5)6;1-2-3-7(4,5)6;/h2-7H,1H2;1H2,2-3H3;1H2,2H3,(H,5,6);2-3H2,1H3,(H,4,5,6);/q;;;;+1/p-1. The van der Waals surface area contributed by atoms with Gasteiger partial charge < -0.3 is 14.4 Å². The number of esters is 1. The number of benzene rings is 1.